The normalized spacial score (nSPS) is 11.8. The fraction of sp³-hybridized carbons (Fsp3) is 0. The number of hydrogen-bond donors (Lipinski definition) is 0. The highest BCUT2D eigenvalue weighted by Gasteiger charge is 2.17. The summed E-state index contributed by atoms with van der Waals surface area (Å²) < 4.78 is 4.92. The molecular formula is C44H27N3S. The summed E-state index contributed by atoms with van der Waals surface area (Å²) in [7, 11) is 0. The Morgan fingerprint density at radius 1 is 0.458 bits per heavy atom. The summed E-state index contributed by atoms with van der Waals surface area (Å²) in [4.78, 5) is 10.4. The smallest absolute Gasteiger partial charge is 0.160 e. The molecule has 10 rings (SSSR count). The quantitative estimate of drug-likeness (QED) is 0.194. The Labute approximate surface area is 281 Å². The molecule has 3 heterocycles. The van der Waals surface area contributed by atoms with E-state index in [1.54, 1.807) is 0 Å². The van der Waals surface area contributed by atoms with Crippen LogP contribution < -0.4 is 0 Å². The Morgan fingerprint density at radius 3 is 2.04 bits per heavy atom. The van der Waals surface area contributed by atoms with E-state index in [-0.39, 0.29) is 0 Å². The summed E-state index contributed by atoms with van der Waals surface area (Å²) in [5.41, 5.74) is 8.53. The van der Waals surface area contributed by atoms with Crippen LogP contribution in [0.25, 0.3) is 92.3 Å². The molecule has 4 heteroatoms. The second kappa shape index (κ2) is 10.7. The van der Waals surface area contributed by atoms with E-state index in [0.717, 1.165) is 33.8 Å². The summed E-state index contributed by atoms with van der Waals surface area (Å²) in [5.74, 6) is 0.712. The maximum absolute atomic E-state index is 5.24. The molecule has 0 saturated heterocycles. The van der Waals surface area contributed by atoms with Crippen molar-refractivity contribution >= 4 is 64.1 Å². The number of hydrogen-bond acceptors (Lipinski definition) is 3. The molecule has 48 heavy (non-hydrogen) atoms. The molecule has 0 aliphatic heterocycles. The highest BCUT2D eigenvalue weighted by molar-refractivity contribution is 7.26. The van der Waals surface area contributed by atoms with Crippen LogP contribution in [0.3, 0.4) is 0 Å². The van der Waals surface area contributed by atoms with Gasteiger partial charge < -0.3 is 4.57 Å². The van der Waals surface area contributed by atoms with E-state index in [2.05, 4.69) is 162 Å². The molecule has 0 atom stereocenters. The molecule has 0 bridgehead atoms. The topological polar surface area (TPSA) is 30.7 Å². The third-order valence-corrected chi connectivity index (χ3v) is 10.6. The first-order valence-electron chi connectivity index (χ1n) is 16.2. The van der Waals surface area contributed by atoms with Gasteiger partial charge in [-0.1, -0.05) is 121 Å². The number of fused-ring (bicyclic) bond motifs is 8. The SMILES string of the molecule is c1ccc(-c2cc(-c3cccc4c3sc3ccccc34)nc(-c3ccc(-n4c5ccccc5c5ccc6ccccc6c54)cc3)n2)cc1. The van der Waals surface area contributed by atoms with Gasteiger partial charge in [-0.3, -0.25) is 0 Å². The summed E-state index contributed by atoms with van der Waals surface area (Å²) in [5, 5.41) is 7.53. The average molecular weight is 630 g/mol. The predicted molar refractivity (Wildman–Crippen MR) is 203 cm³/mol. The summed E-state index contributed by atoms with van der Waals surface area (Å²) in [6.07, 6.45) is 0. The van der Waals surface area contributed by atoms with Crippen LogP contribution in [0.4, 0.5) is 0 Å². The Balaban J connectivity index is 1.16. The lowest BCUT2D eigenvalue weighted by Crippen LogP contribution is -1.97. The molecule has 7 aromatic carbocycles. The zero-order valence-corrected chi connectivity index (χ0v) is 26.7. The van der Waals surface area contributed by atoms with Gasteiger partial charge in [0.2, 0.25) is 0 Å². The fourth-order valence-electron chi connectivity index (χ4n) is 7.18. The Hall–Kier alpha value is -6.10. The van der Waals surface area contributed by atoms with Gasteiger partial charge in [0.1, 0.15) is 0 Å². The summed E-state index contributed by atoms with van der Waals surface area (Å²) in [6.45, 7) is 0. The number of nitrogens with zero attached hydrogens (tertiary/aromatic N) is 3. The molecule has 0 fully saturated rings. The van der Waals surface area contributed by atoms with Gasteiger partial charge in [-0.25, -0.2) is 9.97 Å². The number of thiophene rings is 1. The fourth-order valence-corrected chi connectivity index (χ4v) is 8.40. The maximum atomic E-state index is 5.24. The standard InChI is InChI=1S/C44H27N3S/c1-2-12-29(13-3-1)38-27-39(37-18-10-17-36-34-16-7-9-20-41(34)48-43(36)37)46-44(45-38)30-21-24-31(25-22-30)47-40-19-8-6-15-33(40)35-26-23-28-11-4-5-14-32(28)42(35)47/h1-27H. The molecular weight excluding hydrogens is 603 g/mol. The summed E-state index contributed by atoms with van der Waals surface area (Å²) >= 11 is 1.83. The molecule has 0 saturated carbocycles. The van der Waals surface area contributed by atoms with Crippen molar-refractivity contribution < 1.29 is 0 Å². The Bertz CT molecular complexity index is 2830. The highest BCUT2D eigenvalue weighted by Crippen LogP contribution is 2.41. The molecule has 224 valence electrons. The highest BCUT2D eigenvalue weighted by atomic mass is 32.1. The lowest BCUT2D eigenvalue weighted by molar-refractivity contribution is 1.17. The zero-order valence-electron chi connectivity index (χ0n) is 25.8. The van der Waals surface area contributed by atoms with Gasteiger partial charge in [0.25, 0.3) is 0 Å². The molecule has 0 amide bonds. The first-order valence-corrected chi connectivity index (χ1v) is 17.0. The van der Waals surface area contributed by atoms with E-state index in [1.807, 2.05) is 17.4 Å². The van der Waals surface area contributed by atoms with Crippen molar-refractivity contribution in [3.63, 3.8) is 0 Å². The lowest BCUT2D eigenvalue weighted by atomic mass is 10.0. The van der Waals surface area contributed by atoms with E-state index in [1.165, 1.54) is 52.8 Å². The van der Waals surface area contributed by atoms with Crippen LogP contribution in [0, 0.1) is 0 Å². The molecule has 0 spiro atoms. The third-order valence-electron chi connectivity index (χ3n) is 9.42. The molecule has 0 aliphatic rings. The van der Waals surface area contributed by atoms with Gasteiger partial charge in [-0.2, -0.15) is 0 Å². The molecule has 0 radical (unpaired) electrons. The predicted octanol–water partition coefficient (Wildman–Crippen LogP) is 12.1. The van der Waals surface area contributed by atoms with E-state index in [9.17, 15) is 0 Å². The second-order valence-corrected chi connectivity index (χ2v) is 13.2. The number of para-hydroxylation sites is 1. The summed E-state index contributed by atoms with van der Waals surface area (Å²) in [6, 6.07) is 58.3. The second-order valence-electron chi connectivity index (χ2n) is 12.2. The molecule has 0 unspecified atom stereocenters. The molecule has 0 N–H and O–H groups in total. The van der Waals surface area contributed by atoms with Crippen molar-refractivity contribution in [3.05, 3.63) is 164 Å². The average Bonchev–Trinajstić information content (AvgIpc) is 3.71. The van der Waals surface area contributed by atoms with Crippen molar-refractivity contribution in [2.75, 3.05) is 0 Å². The van der Waals surface area contributed by atoms with Crippen LogP contribution in [0.1, 0.15) is 0 Å². The van der Waals surface area contributed by atoms with Gasteiger partial charge in [0.15, 0.2) is 5.82 Å². The Morgan fingerprint density at radius 2 is 1.17 bits per heavy atom. The number of benzene rings is 7. The molecule has 0 aliphatic carbocycles. The van der Waals surface area contributed by atoms with Crippen LogP contribution in [-0.2, 0) is 0 Å². The molecule has 3 aromatic heterocycles. The number of aromatic nitrogens is 3. The van der Waals surface area contributed by atoms with Crippen LogP contribution in [-0.4, -0.2) is 14.5 Å². The van der Waals surface area contributed by atoms with Crippen LogP contribution >= 0.6 is 11.3 Å². The lowest BCUT2D eigenvalue weighted by Gasteiger charge is -2.12. The largest absolute Gasteiger partial charge is 0.309 e. The van der Waals surface area contributed by atoms with Gasteiger partial charge >= 0.3 is 0 Å². The van der Waals surface area contributed by atoms with E-state index < -0.39 is 0 Å². The van der Waals surface area contributed by atoms with E-state index >= 15 is 0 Å². The zero-order chi connectivity index (χ0) is 31.6. The molecule has 10 aromatic rings. The van der Waals surface area contributed by atoms with E-state index in [0.29, 0.717) is 5.82 Å². The monoisotopic (exact) mass is 629 g/mol. The molecule has 3 nitrogen and oxygen atoms in total. The van der Waals surface area contributed by atoms with Crippen molar-refractivity contribution in [1.29, 1.82) is 0 Å². The van der Waals surface area contributed by atoms with Gasteiger partial charge in [0.05, 0.1) is 22.4 Å². The minimum absolute atomic E-state index is 0.712. The maximum Gasteiger partial charge on any atom is 0.160 e. The van der Waals surface area contributed by atoms with Crippen molar-refractivity contribution in [1.82, 2.24) is 14.5 Å². The van der Waals surface area contributed by atoms with Crippen LogP contribution in [0.5, 0.6) is 0 Å². The third kappa shape index (κ3) is 4.20. The Kier molecular flexibility index (Phi) is 6.05. The van der Waals surface area contributed by atoms with Gasteiger partial charge in [-0.15, -0.1) is 11.3 Å². The van der Waals surface area contributed by atoms with Crippen molar-refractivity contribution in [3.8, 4) is 39.6 Å². The minimum atomic E-state index is 0.712. The first kappa shape index (κ1) is 27.1. The number of rotatable bonds is 4. The van der Waals surface area contributed by atoms with Crippen LogP contribution in [0.15, 0.2) is 164 Å². The first-order chi connectivity index (χ1) is 23.8. The van der Waals surface area contributed by atoms with Crippen LogP contribution in [0.2, 0.25) is 0 Å². The van der Waals surface area contributed by atoms with Gasteiger partial charge in [-0.05, 0) is 47.9 Å². The van der Waals surface area contributed by atoms with Gasteiger partial charge in [0, 0.05) is 58.7 Å². The van der Waals surface area contributed by atoms with Crippen molar-refractivity contribution in [2.24, 2.45) is 0 Å². The van der Waals surface area contributed by atoms with E-state index in [4.69, 9.17) is 9.97 Å². The van der Waals surface area contributed by atoms with Crippen molar-refractivity contribution in [2.45, 2.75) is 0 Å². The minimum Gasteiger partial charge on any atom is -0.309 e.